The third-order valence-electron chi connectivity index (χ3n) is 3.58. The molecule has 1 saturated heterocycles. The molecular formula is C15H19N3O. The molecule has 19 heavy (non-hydrogen) atoms. The van der Waals surface area contributed by atoms with Crippen LogP contribution in [0.15, 0.2) is 30.5 Å². The second kappa shape index (κ2) is 5.55. The van der Waals surface area contributed by atoms with Gasteiger partial charge in [0.25, 0.3) is 0 Å². The van der Waals surface area contributed by atoms with E-state index in [1.165, 1.54) is 11.1 Å². The van der Waals surface area contributed by atoms with E-state index in [1.54, 1.807) is 0 Å². The lowest BCUT2D eigenvalue weighted by Gasteiger charge is -2.26. The first-order valence-electron chi connectivity index (χ1n) is 6.79. The van der Waals surface area contributed by atoms with Gasteiger partial charge < -0.3 is 15.4 Å². The Balaban J connectivity index is 2.12. The van der Waals surface area contributed by atoms with E-state index in [9.17, 15) is 0 Å². The molecule has 3 rings (SSSR count). The van der Waals surface area contributed by atoms with Crippen LogP contribution in [0.5, 0.6) is 0 Å². The normalized spacial score (nSPS) is 16.6. The molecule has 2 N–H and O–H groups in total. The minimum Gasteiger partial charge on any atom is -0.380 e. The molecule has 1 fully saturated rings. The second-order valence-corrected chi connectivity index (χ2v) is 4.81. The number of benzene rings is 1. The van der Waals surface area contributed by atoms with Crippen LogP contribution in [0.1, 0.15) is 12.0 Å². The van der Waals surface area contributed by atoms with Crippen molar-refractivity contribution in [1.82, 2.24) is 4.98 Å². The van der Waals surface area contributed by atoms with Gasteiger partial charge in [-0.05, 0) is 12.5 Å². The molecular weight excluding hydrogens is 238 g/mol. The minimum atomic E-state index is 0.518. The fourth-order valence-electron chi connectivity index (χ4n) is 2.66. The Bertz CT molecular complexity index is 562. The van der Waals surface area contributed by atoms with Crippen molar-refractivity contribution in [2.45, 2.75) is 13.0 Å². The summed E-state index contributed by atoms with van der Waals surface area (Å²) in [5.41, 5.74) is 9.26. The first-order valence-corrected chi connectivity index (χ1v) is 6.79. The number of nitrogens with two attached hydrogens (primary N) is 1. The molecule has 1 aromatic heterocycles. The van der Waals surface area contributed by atoms with Crippen molar-refractivity contribution in [2.24, 2.45) is 5.73 Å². The van der Waals surface area contributed by atoms with Crippen LogP contribution in [-0.4, -0.2) is 31.3 Å². The maximum absolute atomic E-state index is 5.89. The van der Waals surface area contributed by atoms with Crippen LogP contribution in [-0.2, 0) is 11.3 Å². The lowest BCUT2D eigenvalue weighted by atomic mass is 10.1. The van der Waals surface area contributed by atoms with E-state index in [-0.39, 0.29) is 0 Å². The van der Waals surface area contributed by atoms with Crippen molar-refractivity contribution in [1.29, 1.82) is 0 Å². The minimum absolute atomic E-state index is 0.518. The number of hydrogen-bond acceptors (Lipinski definition) is 4. The Morgan fingerprint density at radius 3 is 3.00 bits per heavy atom. The Hall–Kier alpha value is -1.65. The van der Waals surface area contributed by atoms with E-state index in [2.05, 4.69) is 22.0 Å². The van der Waals surface area contributed by atoms with Gasteiger partial charge >= 0.3 is 0 Å². The molecule has 1 aliphatic rings. The van der Waals surface area contributed by atoms with Gasteiger partial charge in [-0.15, -0.1) is 0 Å². The van der Waals surface area contributed by atoms with Gasteiger partial charge in [0.15, 0.2) is 0 Å². The van der Waals surface area contributed by atoms with Gasteiger partial charge in [0.2, 0.25) is 0 Å². The summed E-state index contributed by atoms with van der Waals surface area (Å²) in [4.78, 5) is 6.88. The van der Waals surface area contributed by atoms with Crippen LogP contribution >= 0.6 is 0 Å². The maximum Gasteiger partial charge on any atom is 0.0723 e. The van der Waals surface area contributed by atoms with Gasteiger partial charge in [-0.2, -0.15) is 0 Å². The number of rotatable bonds is 2. The van der Waals surface area contributed by atoms with Crippen LogP contribution in [0.2, 0.25) is 0 Å². The van der Waals surface area contributed by atoms with Crippen molar-refractivity contribution < 1.29 is 4.74 Å². The summed E-state index contributed by atoms with van der Waals surface area (Å²) in [5, 5.41) is 1.19. The lowest BCUT2D eigenvalue weighted by molar-refractivity contribution is 0.152. The van der Waals surface area contributed by atoms with E-state index in [0.717, 1.165) is 43.8 Å². The van der Waals surface area contributed by atoms with Crippen molar-refractivity contribution in [3.05, 3.63) is 36.0 Å². The number of pyridine rings is 1. The van der Waals surface area contributed by atoms with E-state index < -0.39 is 0 Å². The van der Waals surface area contributed by atoms with Crippen molar-refractivity contribution in [3.8, 4) is 0 Å². The van der Waals surface area contributed by atoms with Crippen LogP contribution in [0.4, 0.5) is 5.69 Å². The summed E-state index contributed by atoms with van der Waals surface area (Å²) in [5.74, 6) is 0. The van der Waals surface area contributed by atoms with Crippen LogP contribution in [0.3, 0.4) is 0 Å². The first kappa shape index (κ1) is 12.4. The van der Waals surface area contributed by atoms with Gasteiger partial charge in [-0.1, -0.05) is 18.2 Å². The van der Waals surface area contributed by atoms with Gasteiger partial charge in [0.05, 0.1) is 17.8 Å². The van der Waals surface area contributed by atoms with E-state index in [0.29, 0.717) is 6.54 Å². The molecule has 0 spiro atoms. The third-order valence-corrected chi connectivity index (χ3v) is 3.58. The second-order valence-electron chi connectivity index (χ2n) is 4.81. The van der Waals surface area contributed by atoms with Crippen molar-refractivity contribution in [3.63, 3.8) is 0 Å². The Morgan fingerprint density at radius 1 is 1.21 bits per heavy atom. The molecule has 1 aromatic carbocycles. The molecule has 0 unspecified atom stereocenters. The number of para-hydroxylation sites is 1. The average Bonchev–Trinajstić information content (AvgIpc) is 2.75. The Labute approximate surface area is 113 Å². The number of anilines is 1. The third kappa shape index (κ3) is 2.41. The molecule has 0 saturated carbocycles. The van der Waals surface area contributed by atoms with Gasteiger partial charge in [-0.3, -0.25) is 4.98 Å². The van der Waals surface area contributed by atoms with Crippen LogP contribution < -0.4 is 10.6 Å². The molecule has 0 atom stereocenters. The lowest BCUT2D eigenvalue weighted by Crippen LogP contribution is -2.27. The fourth-order valence-corrected chi connectivity index (χ4v) is 2.66. The monoisotopic (exact) mass is 257 g/mol. The Morgan fingerprint density at radius 2 is 2.11 bits per heavy atom. The summed E-state index contributed by atoms with van der Waals surface area (Å²) in [6.07, 6.45) is 2.96. The zero-order valence-electron chi connectivity index (χ0n) is 11.0. The summed E-state index contributed by atoms with van der Waals surface area (Å²) >= 11 is 0. The predicted molar refractivity (Wildman–Crippen MR) is 77.3 cm³/mol. The van der Waals surface area contributed by atoms with Gasteiger partial charge in [-0.25, -0.2) is 0 Å². The van der Waals surface area contributed by atoms with Gasteiger partial charge in [0, 0.05) is 43.4 Å². The maximum atomic E-state index is 5.89. The molecule has 2 aromatic rings. The smallest absolute Gasteiger partial charge is 0.0723 e. The SMILES string of the molecule is NCc1cnc2ccccc2c1N1CCCOCC1. The molecule has 100 valence electrons. The average molecular weight is 257 g/mol. The summed E-state index contributed by atoms with van der Waals surface area (Å²) in [6.45, 7) is 4.07. The largest absolute Gasteiger partial charge is 0.380 e. The zero-order chi connectivity index (χ0) is 13.1. The molecule has 0 amide bonds. The summed E-state index contributed by atoms with van der Waals surface area (Å²) in [6, 6.07) is 8.25. The number of nitrogens with zero attached hydrogens (tertiary/aromatic N) is 2. The molecule has 1 aliphatic heterocycles. The quantitative estimate of drug-likeness (QED) is 0.893. The summed E-state index contributed by atoms with van der Waals surface area (Å²) < 4.78 is 5.54. The molecule has 4 nitrogen and oxygen atoms in total. The highest BCUT2D eigenvalue weighted by atomic mass is 16.5. The fraction of sp³-hybridized carbons (Fsp3) is 0.400. The van der Waals surface area contributed by atoms with Crippen molar-refractivity contribution in [2.75, 3.05) is 31.2 Å². The number of hydrogen-bond donors (Lipinski definition) is 1. The molecule has 4 heteroatoms. The molecule has 0 radical (unpaired) electrons. The molecule has 0 bridgehead atoms. The Kier molecular flexibility index (Phi) is 3.62. The summed E-state index contributed by atoms with van der Waals surface area (Å²) in [7, 11) is 0. The van der Waals surface area contributed by atoms with E-state index in [4.69, 9.17) is 10.5 Å². The van der Waals surface area contributed by atoms with Crippen LogP contribution in [0.25, 0.3) is 10.9 Å². The van der Waals surface area contributed by atoms with E-state index in [1.807, 2.05) is 18.3 Å². The predicted octanol–water partition coefficient (Wildman–Crippen LogP) is 1.92. The standard InChI is InChI=1S/C15H19N3O/c16-10-12-11-17-14-5-2-1-4-13(14)15(12)18-6-3-8-19-9-7-18/h1-2,4-5,11H,3,6-10,16H2. The number of ether oxygens (including phenoxy) is 1. The highest BCUT2D eigenvalue weighted by molar-refractivity contribution is 5.93. The molecule has 0 aliphatic carbocycles. The number of fused-ring (bicyclic) bond motifs is 1. The topological polar surface area (TPSA) is 51.4 Å². The van der Waals surface area contributed by atoms with Crippen LogP contribution in [0, 0.1) is 0 Å². The number of aromatic nitrogens is 1. The van der Waals surface area contributed by atoms with Crippen molar-refractivity contribution >= 4 is 16.6 Å². The van der Waals surface area contributed by atoms with Gasteiger partial charge in [0.1, 0.15) is 0 Å². The first-order chi connectivity index (χ1) is 9.40. The highest BCUT2D eigenvalue weighted by Crippen LogP contribution is 2.29. The molecule has 2 heterocycles. The zero-order valence-corrected chi connectivity index (χ0v) is 11.0. The highest BCUT2D eigenvalue weighted by Gasteiger charge is 2.16. The van der Waals surface area contributed by atoms with E-state index >= 15 is 0 Å².